The molecule has 0 saturated carbocycles. The number of methoxy groups -OCH3 is 2. The van der Waals surface area contributed by atoms with Crippen LogP contribution in [0.5, 0.6) is 11.5 Å². The topological polar surface area (TPSA) is 70.8 Å². The van der Waals surface area contributed by atoms with E-state index in [4.69, 9.17) is 19.9 Å². The molecule has 2 N–H and O–H groups in total. The zero-order chi connectivity index (χ0) is 12.5. The van der Waals surface area contributed by atoms with Gasteiger partial charge in [0.1, 0.15) is 16.9 Å². The average molecular weight is 237 g/mol. The van der Waals surface area contributed by atoms with E-state index in [1.54, 1.807) is 32.4 Å². The number of carbonyl (C=O) groups excluding carboxylic acids is 1. The van der Waals surface area contributed by atoms with Gasteiger partial charge in [0.25, 0.3) is 0 Å². The highest BCUT2D eigenvalue weighted by molar-refractivity contribution is 5.89. The Kier molecular flexibility index (Phi) is 2.93. The average Bonchev–Trinajstić information content (AvgIpc) is 2.27. The predicted octanol–water partition coefficient (Wildman–Crippen LogP) is 0.457. The third-order valence-corrected chi connectivity index (χ3v) is 3.09. The summed E-state index contributed by atoms with van der Waals surface area (Å²) in [6.07, 6.45) is 0. The lowest BCUT2D eigenvalue weighted by molar-refractivity contribution is -0.141. The van der Waals surface area contributed by atoms with Gasteiger partial charge in [-0.15, -0.1) is 0 Å². The summed E-state index contributed by atoms with van der Waals surface area (Å²) in [7, 11) is 3.12. The third kappa shape index (κ3) is 1.72. The van der Waals surface area contributed by atoms with Crippen molar-refractivity contribution < 1.29 is 19.0 Å². The summed E-state index contributed by atoms with van der Waals surface area (Å²) >= 11 is 0. The van der Waals surface area contributed by atoms with E-state index in [0.29, 0.717) is 11.5 Å². The molecule has 17 heavy (non-hydrogen) atoms. The molecule has 92 valence electrons. The van der Waals surface area contributed by atoms with Gasteiger partial charge in [-0.25, -0.2) is 0 Å². The number of rotatable bonds is 4. The van der Waals surface area contributed by atoms with E-state index in [2.05, 4.69) is 0 Å². The van der Waals surface area contributed by atoms with Crippen LogP contribution in [0.25, 0.3) is 0 Å². The zero-order valence-electron chi connectivity index (χ0n) is 9.86. The Balaban J connectivity index is 2.51. The molecule has 1 heterocycles. The summed E-state index contributed by atoms with van der Waals surface area (Å²) in [6.45, 7) is 0.567. The number of amides is 1. The van der Waals surface area contributed by atoms with E-state index >= 15 is 0 Å². The van der Waals surface area contributed by atoms with Crippen molar-refractivity contribution in [3.8, 4) is 11.5 Å². The standard InChI is InChI=1S/C12H15NO4/c1-15-8-3-4-10(16-2)9(5-8)12(11(13)14)6-17-7-12/h3-5H,6-7H2,1-2H3,(H2,13,14). The molecule has 0 aromatic heterocycles. The minimum atomic E-state index is -0.792. The largest absolute Gasteiger partial charge is 0.497 e. The lowest BCUT2D eigenvalue weighted by atomic mass is 9.77. The number of hydrogen-bond acceptors (Lipinski definition) is 4. The molecule has 0 aliphatic carbocycles. The minimum absolute atomic E-state index is 0.284. The number of nitrogens with two attached hydrogens (primary N) is 1. The molecule has 2 rings (SSSR count). The third-order valence-electron chi connectivity index (χ3n) is 3.09. The Morgan fingerprint density at radius 3 is 2.47 bits per heavy atom. The van der Waals surface area contributed by atoms with Crippen molar-refractivity contribution in [1.82, 2.24) is 0 Å². The molecule has 1 amide bonds. The van der Waals surface area contributed by atoms with Gasteiger partial charge >= 0.3 is 0 Å². The maximum Gasteiger partial charge on any atom is 0.232 e. The molecule has 0 bridgehead atoms. The lowest BCUT2D eigenvalue weighted by Gasteiger charge is -2.39. The second-order valence-corrected chi connectivity index (χ2v) is 4.01. The van der Waals surface area contributed by atoms with Crippen LogP contribution in [0.2, 0.25) is 0 Å². The number of benzene rings is 1. The molecule has 5 heteroatoms. The van der Waals surface area contributed by atoms with E-state index in [-0.39, 0.29) is 13.2 Å². The van der Waals surface area contributed by atoms with Crippen molar-refractivity contribution in [3.05, 3.63) is 23.8 Å². The van der Waals surface area contributed by atoms with Crippen molar-refractivity contribution in [2.24, 2.45) is 5.73 Å². The number of ether oxygens (including phenoxy) is 3. The Bertz CT molecular complexity index is 440. The SMILES string of the molecule is COc1ccc(OC)c(C2(C(N)=O)COC2)c1. The van der Waals surface area contributed by atoms with E-state index in [0.717, 1.165) is 5.56 Å². The summed E-state index contributed by atoms with van der Waals surface area (Å²) in [4.78, 5) is 11.6. The number of primary amides is 1. The van der Waals surface area contributed by atoms with E-state index in [1.165, 1.54) is 0 Å². The summed E-state index contributed by atoms with van der Waals surface area (Å²) < 4.78 is 15.5. The van der Waals surface area contributed by atoms with Crippen molar-refractivity contribution in [1.29, 1.82) is 0 Å². The van der Waals surface area contributed by atoms with Crippen LogP contribution in [0.1, 0.15) is 5.56 Å². The zero-order valence-corrected chi connectivity index (χ0v) is 9.86. The second-order valence-electron chi connectivity index (χ2n) is 4.01. The molecule has 1 aliphatic rings. The van der Waals surface area contributed by atoms with E-state index in [9.17, 15) is 4.79 Å². The van der Waals surface area contributed by atoms with E-state index < -0.39 is 11.3 Å². The van der Waals surface area contributed by atoms with Crippen molar-refractivity contribution in [3.63, 3.8) is 0 Å². The maximum atomic E-state index is 11.6. The summed E-state index contributed by atoms with van der Waals surface area (Å²) in [5, 5.41) is 0. The first-order valence-electron chi connectivity index (χ1n) is 5.24. The molecule has 1 aromatic carbocycles. The van der Waals surface area contributed by atoms with Crippen LogP contribution < -0.4 is 15.2 Å². The van der Waals surface area contributed by atoms with Crippen LogP contribution in [0.15, 0.2) is 18.2 Å². The molecule has 0 spiro atoms. The van der Waals surface area contributed by atoms with Gasteiger partial charge in [-0.1, -0.05) is 0 Å². The van der Waals surface area contributed by atoms with Crippen molar-refractivity contribution in [2.75, 3.05) is 27.4 Å². The van der Waals surface area contributed by atoms with Gasteiger partial charge in [0.05, 0.1) is 27.4 Å². The quantitative estimate of drug-likeness (QED) is 0.825. The van der Waals surface area contributed by atoms with Crippen LogP contribution in [-0.2, 0) is 14.9 Å². The molecule has 0 atom stereocenters. The molecule has 0 radical (unpaired) electrons. The monoisotopic (exact) mass is 237 g/mol. The van der Waals surface area contributed by atoms with Gasteiger partial charge in [0, 0.05) is 5.56 Å². The maximum absolute atomic E-state index is 11.6. The molecule has 0 unspecified atom stereocenters. The predicted molar refractivity (Wildman–Crippen MR) is 61.2 cm³/mol. The number of hydrogen-bond donors (Lipinski definition) is 1. The normalized spacial score (nSPS) is 17.1. The van der Waals surface area contributed by atoms with Gasteiger partial charge in [0.15, 0.2) is 0 Å². The van der Waals surface area contributed by atoms with Crippen LogP contribution >= 0.6 is 0 Å². The smallest absolute Gasteiger partial charge is 0.232 e. The summed E-state index contributed by atoms with van der Waals surface area (Å²) in [5.41, 5.74) is 5.39. The van der Waals surface area contributed by atoms with Gasteiger partial charge in [-0.2, -0.15) is 0 Å². The number of carbonyl (C=O) groups is 1. The summed E-state index contributed by atoms with van der Waals surface area (Å²) in [6, 6.07) is 5.31. The Morgan fingerprint density at radius 1 is 1.35 bits per heavy atom. The van der Waals surface area contributed by atoms with Gasteiger partial charge in [-0.3, -0.25) is 4.79 Å². The molecule has 1 saturated heterocycles. The Hall–Kier alpha value is -1.75. The molecule has 1 aliphatic heterocycles. The Labute approximate surface area is 99.5 Å². The van der Waals surface area contributed by atoms with Crippen molar-refractivity contribution in [2.45, 2.75) is 5.41 Å². The fourth-order valence-corrected chi connectivity index (χ4v) is 1.92. The second kappa shape index (κ2) is 4.25. The fraction of sp³-hybridized carbons (Fsp3) is 0.417. The lowest BCUT2D eigenvalue weighted by Crippen LogP contribution is -2.56. The first-order valence-corrected chi connectivity index (χ1v) is 5.24. The first-order chi connectivity index (χ1) is 8.14. The minimum Gasteiger partial charge on any atom is -0.497 e. The van der Waals surface area contributed by atoms with Crippen LogP contribution in [-0.4, -0.2) is 33.3 Å². The fourth-order valence-electron chi connectivity index (χ4n) is 1.92. The molecule has 1 aromatic rings. The molecule has 5 nitrogen and oxygen atoms in total. The van der Waals surface area contributed by atoms with Crippen LogP contribution in [0, 0.1) is 0 Å². The molecule has 1 fully saturated rings. The highest BCUT2D eigenvalue weighted by Crippen LogP contribution is 2.39. The van der Waals surface area contributed by atoms with Gasteiger partial charge in [0.2, 0.25) is 5.91 Å². The van der Waals surface area contributed by atoms with Gasteiger partial charge in [-0.05, 0) is 18.2 Å². The van der Waals surface area contributed by atoms with Crippen molar-refractivity contribution >= 4 is 5.91 Å². The molecular formula is C12H15NO4. The van der Waals surface area contributed by atoms with E-state index in [1.807, 2.05) is 0 Å². The highest BCUT2D eigenvalue weighted by Gasteiger charge is 2.48. The van der Waals surface area contributed by atoms with Gasteiger partial charge < -0.3 is 19.9 Å². The molecular weight excluding hydrogens is 222 g/mol. The van der Waals surface area contributed by atoms with Crippen LogP contribution in [0.4, 0.5) is 0 Å². The highest BCUT2D eigenvalue weighted by atomic mass is 16.5. The first kappa shape index (κ1) is 11.7. The Morgan fingerprint density at radius 2 is 2.06 bits per heavy atom. The summed E-state index contributed by atoms with van der Waals surface area (Å²) in [5.74, 6) is 0.872. The van der Waals surface area contributed by atoms with Crippen LogP contribution in [0.3, 0.4) is 0 Å².